The van der Waals surface area contributed by atoms with Gasteiger partial charge >= 0.3 is 5.92 Å². The van der Waals surface area contributed by atoms with Crippen LogP contribution in [0, 0.1) is 5.92 Å². The lowest BCUT2D eigenvalue weighted by Crippen LogP contribution is -2.30. The molecule has 2 heterocycles. The average Bonchev–Trinajstić information content (AvgIpc) is 3.31. The van der Waals surface area contributed by atoms with Gasteiger partial charge in [0.25, 0.3) is 5.56 Å². The van der Waals surface area contributed by atoms with Gasteiger partial charge in [0.15, 0.2) is 11.4 Å². The lowest BCUT2D eigenvalue weighted by Gasteiger charge is -2.27. The van der Waals surface area contributed by atoms with Crippen LogP contribution in [0.15, 0.2) is 11.0 Å². The van der Waals surface area contributed by atoms with Crippen LogP contribution in [0.25, 0.3) is 11.0 Å². The second kappa shape index (κ2) is 9.32. The summed E-state index contributed by atoms with van der Waals surface area (Å²) in [5.74, 6) is -2.75. The summed E-state index contributed by atoms with van der Waals surface area (Å²) in [5.41, 5.74) is 6.79. The van der Waals surface area contributed by atoms with E-state index in [-0.39, 0.29) is 17.6 Å². The van der Waals surface area contributed by atoms with Gasteiger partial charge in [-0.05, 0) is 31.6 Å². The Balaban J connectivity index is 0.000000318. The van der Waals surface area contributed by atoms with E-state index < -0.39 is 11.7 Å². The fourth-order valence-electron chi connectivity index (χ4n) is 4.26. The van der Waals surface area contributed by atoms with Crippen molar-refractivity contribution in [3.05, 3.63) is 22.4 Å². The number of fused-ring (bicyclic) bond motifs is 1. The third-order valence-electron chi connectivity index (χ3n) is 6.12. The zero-order valence-corrected chi connectivity index (χ0v) is 17.7. The molecular weight excluding hydrogens is 392 g/mol. The summed E-state index contributed by atoms with van der Waals surface area (Å²) < 4.78 is 24.9. The summed E-state index contributed by atoms with van der Waals surface area (Å²) in [5, 5.41) is 5.06. The Labute approximate surface area is 174 Å². The van der Waals surface area contributed by atoms with Crippen LogP contribution in [0.5, 0.6) is 0 Å². The smallest absolute Gasteiger partial charge is 0.302 e. The molecule has 2 atom stereocenters. The van der Waals surface area contributed by atoms with Crippen molar-refractivity contribution in [2.75, 3.05) is 0 Å². The second-order valence-corrected chi connectivity index (χ2v) is 8.72. The largest absolute Gasteiger partial charge is 0.328 e. The van der Waals surface area contributed by atoms with Crippen LogP contribution < -0.4 is 11.3 Å². The first-order chi connectivity index (χ1) is 14.1. The van der Waals surface area contributed by atoms with E-state index in [0.717, 1.165) is 50.5 Å². The summed E-state index contributed by atoms with van der Waals surface area (Å²) in [7, 11) is 0. The third kappa shape index (κ3) is 5.50. The number of carbonyl (C=O) groups excluding carboxylic acids is 1. The van der Waals surface area contributed by atoms with E-state index in [4.69, 9.17) is 10.7 Å². The number of hydrogen-bond acceptors (Lipinski definition) is 5. The molecule has 2 saturated carbocycles. The molecule has 3 N–H and O–H groups in total. The summed E-state index contributed by atoms with van der Waals surface area (Å²) >= 11 is 0. The van der Waals surface area contributed by atoms with Gasteiger partial charge in [0.1, 0.15) is 11.2 Å². The Morgan fingerprint density at radius 2 is 1.93 bits per heavy atom. The molecule has 2 aromatic rings. The van der Waals surface area contributed by atoms with E-state index in [1.807, 2.05) is 4.68 Å². The minimum Gasteiger partial charge on any atom is -0.328 e. The molecule has 2 aromatic heterocycles. The van der Waals surface area contributed by atoms with Gasteiger partial charge in [-0.25, -0.2) is 9.67 Å². The van der Waals surface area contributed by atoms with Gasteiger partial charge in [-0.3, -0.25) is 9.59 Å². The number of ketones is 1. The quantitative estimate of drug-likeness (QED) is 0.782. The van der Waals surface area contributed by atoms with Crippen LogP contribution in [0.4, 0.5) is 8.78 Å². The van der Waals surface area contributed by atoms with Crippen molar-refractivity contribution in [1.82, 2.24) is 19.7 Å². The molecule has 0 aromatic carbocycles. The van der Waals surface area contributed by atoms with Gasteiger partial charge in [0.05, 0.1) is 12.2 Å². The molecule has 0 amide bonds. The molecule has 2 aliphatic rings. The van der Waals surface area contributed by atoms with Gasteiger partial charge in [-0.15, -0.1) is 0 Å². The number of nitrogens with one attached hydrogen (secondary N) is 1. The molecule has 0 saturated heterocycles. The number of hydrogen-bond donors (Lipinski definition) is 2. The van der Waals surface area contributed by atoms with Crippen LogP contribution in [0.3, 0.4) is 0 Å². The molecule has 0 spiro atoms. The maximum atomic E-state index is 12.4. The van der Waals surface area contributed by atoms with Gasteiger partial charge in [-0.2, -0.15) is 13.9 Å². The number of alkyl halides is 2. The van der Waals surface area contributed by atoms with E-state index in [1.54, 1.807) is 6.20 Å². The second-order valence-electron chi connectivity index (χ2n) is 8.72. The fraction of sp³-hybridized carbons (Fsp3) is 0.714. The first kappa shape index (κ1) is 22.5. The molecule has 0 aliphatic heterocycles. The monoisotopic (exact) mass is 423 g/mol. The zero-order chi connectivity index (χ0) is 21.9. The van der Waals surface area contributed by atoms with E-state index in [1.165, 1.54) is 25.7 Å². The van der Waals surface area contributed by atoms with Crippen LogP contribution >= 0.6 is 0 Å². The highest BCUT2D eigenvalue weighted by Gasteiger charge is 2.27. The van der Waals surface area contributed by atoms with Crippen molar-refractivity contribution >= 4 is 16.8 Å². The van der Waals surface area contributed by atoms with Crippen molar-refractivity contribution in [3.63, 3.8) is 0 Å². The van der Waals surface area contributed by atoms with E-state index in [9.17, 15) is 18.4 Å². The molecule has 30 heavy (non-hydrogen) atoms. The van der Waals surface area contributed by atoms with Crippen LogP contribution in [-0.4, -0.2) is 37.5 Å². The zero-order valence-electron chi connectivity index (χ0n) is 17.7. The van der Waals surface area contributed by atoms with Gasteiger partial charge in [0.2, 0.25) is 0 Å². The van der Waals surface area contributed by atoms with Crippen molar-refractivity contribution in [2.24, 2.45) is 11.7 Å². The van der Waals surface area contributed by atoms with E-state index in [0.29, 0.717) is 18.2 Å². The molecule has 0 radical (unpaired) electrons. The summed E-state index contributed by atoms with van der Waals surface area (Å²) in [6, 6.07) is 0.498. The number of aromatic amines is 1. The summed E-state index contributed by atoms with van der Waals surface area (Å²) in [6.45, 7) is 1.44. The average molecular weight is 424 g/mol. The minimum atomic E-state index is -3.14. The molecule has 0 bridgehead atoms. The highest BCUT2D eigenvalue weighted by molar-refractivity contribution is 5.82. The topological polar surface area (TPSA) is 107 Å². The number of H-pyrrole nitrogens is 1. The number of rotatable bonds is 4. The molecule has 2 aliphatic carbocycles. The molecule has 9 heteroatoms. The SMILES string of the molecule is CC(=O)C(C)(F)F.NC1CCC[C@@H](n2ncc3c(=O)[nH]c(CC4CCCC4)nc32)C1. The number of Topliss-reactive ketones (excluding diaryl/α,β-unsaturated/α-hetero) is 1. The Hall–Kier alpha value is -2.16. The molecule has 1 unspecified atom stereocenters. The summed E-state index contributed by atoms with van der Waals surface area (Å²) in [4.78, 5) is 29.8. The van der Waals surface area contributed by atoms with E-state index >= 15 is 0 Å². The Bertz CT molecular complexity index is 928. The number of nitrogens with zero attached hydrogens (tertiary/aromatic N) is 3. The maximum Gasteiger partial charge on any atom is 0.302 e. The molecular formula is C21H31F2N5O2. The first-order valence-electron chi connectivity index (χ1n) is 10.8. The number of aromatic nitrogens is 4. The number of nitrogens with two attached hydrogens (primary N) is 1. The molecule has 7 nitrogen and oxygen atoms in total. The van der Waals surface area contributed by atoms with Crippen LogP contribution in [0.2, 0.25) is 0 Å². The summed E-state index contributed by atoms with van der Waals surface area (Å²) in [6.07, 6.45) is 11.8. The van der Waals surface area contributed by atoms with Gasteiger partial charge < -0.3 is 10.7 Å². The van der Waals surface area contributed by atoms with Crippen molar-refractivity contribution in [2.45, 2.75) is 89.6 Å². The van der Waals surface area contributed by atoms with Crippen molar-refractivity contribution in [3.8, 4) is 0 Å². The lowest BCUT2D eigenvalue weighted by atomic mass is 9.92. The first-order valence-corrected chi connectivity index (χ1v) is 10.8. The predicted octanol–water partition coefficient (Wildman–Crippen LogP) is 3.53. The van der Waals surface area contributed by atoms with Crippen molar-refractivity contribution < 1.29 is 13.6 Å². The van der Waals surface area contributed by atoms with E-state index in [2.05, 4.69) is 10.1 Å². The Morgan fingerprint density at radius 1 is 1.27 bits per heavy atom. The van der Waals surface area contributed by atoms with Crippen LogP contribution in [-0.2, 0) is 11.2 Å². The fourth-order valence-corrected chi connectivity index (χ4v) is 4.26. The number of halogens is 2. The minimum absolute atomic E-state index is 0.0608. The predicted molar refractivity (Wildman–Crippen MR) is 111 cm³/mol. The van der Waals surface area contributed by atoms with Gasteiger partial charge in [-0.1, -0.05) is 25.7 Å². The molecule has 166 valence electrons. The lowest BCUT2D eigenvalue weighted by molar-refractivity contribution is -0.138. The van der Waals surface area contributed by atoms with Crippen LogP contribution in [0.1, 0.15) is 77.1 Å². The third-order valence-corrected chi connectivity index (χ3v) is 6.12. The maximum absolute atomic E-state index is 12.4. The standard InChI is InChI=1S/C17H25N5O.C4H6F2O/c18-12-6-3-7-13(9-12)22-16-14(10-19-22)17(23)21-15(20-16)8-11-4-1-2-5-11;1-3(7)4(2,5)6/h10-13H,1-9,18H2,(H,20,21,23);1-2H3/t12?,13-;/m1./s1. The Kier molecular flexibility index (Phi) is 7.00. The normalized spacial score (nSPS) is 22.7. The van der Waals surface area contributed by atoms with Crippen molar-refractivity contribution in [1.29, 1.82) is 0 Å². The number of carbonyl (C=O) groups is 1. The highest BCUT2D eigenvalue weighted by atomic mass is 19.3. The molecule has 2 fully saturated rings. The Morgan fingerprint density at radius 3 is 2.53 bits per heavy atom. The highest BCUT2D eigenvalue weighted by Crippen LogP contribution is 2.30. The van der Waals surface area contributed by atoms with Gasteiger partial charge in [0, 0.05) is 26.3 Å². The molecule has 4 rings (SSSR count).